The van der Waals surface area contributed by atoms with E-state index in [-0.39, 0.29) is 13.2 Å². The normalized spacial score (nSPS) is 10.2. The van der Waals surface area contributed by atoms with Crippen LogP contribution in [0.15, 0.2) is 36.4 Å². The molecule has 0 unspecified atom stereocenters. The summed E-state index contributed by atoms with van der Waals surface area (Å²) in [5.41, 5.74) is 5.51. The van der Waals surface area contributed by atoms with E-state index in [1.165, 1.54) is 0 Å². The zero-order valence-corrected chi connectivity index (χ0v) is 15.5. The molecule has 0 radical (unpaired) electrons. The van der Waals surface area contributed by atoms with Gasteiger partial charge in [0.05, 0.1) is 0 Å². The van der Waals surface area contributed by atoms with Gasteiger partial charge in [-0.2, -0.15) is 0 Å². The highest BCUT2D eigenvalue weighted by molar-refractivity contribution is 5.86. The van der Waals surface area contributed by atoms with E-state index in [0.717, 1.165) is 22.3 Å². The Morgan fingerprint density at radius 2 is 1.12 bits per heavy atom. The summed E-state index contributed by atoms with van der Waals surface area (Å²) in [5.74, 6) is 0. The smallest absolute Gasteiger partial charge is 0.411 e. The lowest BCUT2D eigenvalue weighted by molar-refractivity contribution is 0.110. The number of benzene rings is 2. The van der Waals surface area contributed by atoms with Crippen LogP contribution in [0, 0.1) is 27.7 Å². The van der Waals surface area contributed by atoms with Gasteiger partial charge in [0, 0.05) is 11.4 Å². The minimum atomic E-state index is -0.586. The van der Waals surface area contributed by atoms with Gasteiger partial charge in [0.15, 0.2) is 0 Å². The van der Waals surface area contributed by atoms with Gasteiger partial charge in [-0.05, 0) is 62.1 Å². The minimum absolute atomic E-state index is 0.0308. The van der Waals surface area contributed by atoms with Crippen LogP contribution in [0.4, 0.5) is 21.0 Å². The Kier molecular flexibility index (Phi) is 6.60. The third-order valence-corrected chi connectivity index (χ3v) is 4.23. The summed E-state index contributed by atoms with van der Waals surface area (Å²) >= 11 is 0. The van der Waals surface area contributed by atoms with Crippen molar-refractivity contribution in [2.75, 3.05) is 23.8 Å². The average molecular weight is 356 g/mol. The number of hydrogen-bond donors (Lipinski definition) is 2. The van der Waals surface area contributed by atoms with Gasteiger partial charge in [-0.3, -0.25) is 10.6 Å². The summed E-state index contributed by atoms with van der Waals surface area (Å²) in [6.45, 7) is 7.72. The van der Waals surface area contributed by atoms with Gasteiger partial charge in [-0.25, -0.2) is 9.59 Å². The first-order valence-corrected chi connectivity index (χ1v) is 8.38. The summed E-state index contributed by atoms with van der Waals surface area (Å²) in [6.07, 6.45) is -1.17. The standard InChI is InChI=1S/C20H24N2O4/c1-13-7-5-9-17(15(13)3)21-19(23)25-11-12-26-20(24)22-18-10-6-8-14(2)16(18)4/h5-10H,11-12H2,1-4H3,(H,21,23)(H,22,24). The Labute approximate surface area is 153 Å². The molecule has 0 spiro atoms. The van der Waals surface area contributed by atoms with Crippen molar-refractivity contribution in [2.45, 2.75) is 27.7 Å². The van der Waals surface area contributed by atoms with E-state index in [1.807, 2.05) is 52.0 Å². The molecule has 0 aliphatic rings. The molecule has 26 heavy (non-hydrogen) atoms. The van der Waals surface area contributed by atoms with E-state index in [4.69, 9.17) is 9.47 Å². The molecule has 138 valence electrons. The van der Waals surface area contributed by atoms with Crippen molar-refractivity contribution in [3.05, 3.63) is 58.7 Å². The van der Waals surface area contributed by atoms with Crippen molar-refractivity contribution >= 4 is 23.6 Å². The molecular formula is C20H24N2O4. The van der Waals surface area contributed by atoms with Crippen molar-refractivity contribution in [1.29, 1.82) is 0 Å². The van der Waals surface area contributed by atoms with E-state index in [9.17, 15) is 9.59 Å². The van der Waals surface area contributed by atoms with Gasteiger partial charge in [-0.1, -0.05) is 24.3 Å². The number of amides is 2. The number of hydrogen-bond acceptors (Lipinski definition) is 4. The Hall–Kier alpha value is -3.02. The molecule has 0 aromatic heterocycles. The second-order valence-corrected chi connectivity index (χ2v) is 6.02. The predicted molar refractivity (Wildman–Crippen MR) is 102 cm³/mol. The van der Waals surface area contributed by atoms with Gasteiger partial charge in [-0.15, -0.1) is 0 Å². The van der Waals surface area contributed by atoms with Gasteiger partial charge in [0.2, 0.25) is 0 Å². The van der Waals surface area contributed by atoms with E-state index in [2.05, 4.69) is 10.6 Å². The molecule has 0 atom stereocenters. The molecule has 0 aliphatic carbocycles. The maximum Gasteiger partial charge on any atom is 0.411 e. The van der Waals surface area contributed by atoms with Crippen LogP contribution in [-0.2, 0) is 9.47 Å². The van der Waals surface area contributed by atoms with Crippen LogP contribution >= 0.6 is 0 Å². The molecule has 6 nitrogen and oxygen atoms in total. The van der Waals surface area contributed by atoms with Crippen LogP contribution in [0.25, 0.3) is 0 Å². The highest BCUT2D eigenvalue weighted by Crippen LogP contribution is 2.19. The van der Waals surface area contributed by atoms with Gasteiger partial charge >= 0.3 is 12.2 Å². The third-order valence-electron chi connectivity index (χ3n) is 4.23. The monoisotopic (exact) mass is 356 g/mol. The molecule has 0 aliphatic heterocycles. The van der Waals surface area contributed by atoms with Gasteiger partial charge in [0.1, 0.15) is 13.2 Å². The summed E-state index contributed by atoms with van der Waals surface area (Å²) < 4.78 is 10.1. The van der Waals surface area contributed by atoms with Crippen LogP contribution in [0.5, 0.6) is 0 Å². The minimum Gasteiger partial charge on any atom is -0.446 e. The molecule has 2 aromatic rings. The van der Waals surface area contributed by atoms with Crippen LogP contribution < -0.4 is 10.6 Å². The number of nitrogens with one attached hydrogen (secondary N) is 2. The Bertz CT molecular complexity index is 735. The predicted octanol–water partition coefficient (Wildman–Crippen LogP) is 4.72. The van der Waals surface area contributed by atoms with Crippen LogP contribution in [0.3, 0.4) is 0 Å². The van der Waals surface area contributed by atoms with Crippen molar-refractivity contribution in [2.24, 2.45) is 0 Å². The maximum absolute atomic E-state index is 11.8. The molecule has 2 aromatic carbocycles. The van der Waals surface area contributed by atoms with Crippen molar-refractivity contribution in [1.82, 2.24) is 0 Å². The Balaban J connectivity index is 1.72. The number of rotatable bonds is 5. The molecule has 0 fully saturated rings. The molecule has 0 bridgehead atoms. The van der Waals surface area contributed by atoms with Crippen LogP contribution in [-0.4, -0.2) is 25.4 Å². The molecular weight excluding hydrogens is 332 g/mol. The van der Waals surface area contributed by atoms with E-state index >= 15 is 0 Å². The second-order valence-electron chi connectivity index (χ2n) is 6.02. The SMILES string of the molecule is Cc1cccc(NC(=O)OCCOC(=O)Nc2cccc(C)c2C)c1C. The molecule has 0 heterocycles. The summed E-state index contributed by atoms with van der Waals surface area (Å²) in [7, 11) is 0. The molecule has 2 rings (SSSR count). The molecule has 2 N–H and O–H groups in total. The third kappa shape index (κ3) is 5.24. The zero-order valence-electron chi connectivity index (χ0n) is 15.5. The lowest BCUT2D eigenvalue weighted by Gasteiger charge is -2.12. The van der Waals surface area contributed by atoms with Crippen molar-refractivity contribution < 1.29 is 19.1 Å². The molecule has 0 saturated heterocycles. The van der Waals surface area contributed by atoms with Crippen LogP contribution in [0.1, 0.15) is 22.3 Å². The molecule has 2 amide bonds. The number of anilines is 2. The number of ether oxygens (including phenoxy) is 2. The topological polar surface area (TPSA) is 76.7 Å². The van der Waals surface area contributed by atoms with Gasteiger partial charge < -0.3 is 9.47 Å². The van der Waals surface area contributed by atoms with E-state index in [0.29, 0.717) is 11.4 Å². The largest absolute Gasteiger partial charge is 0.446 e. The average Bonchev–Trinajstić information content (AvgIpc) is 2.60. The fourth-order valence-electron chi connectivity index (χ4n) is 2.33. The first-order chi connectivity index (χ1) is 12.4. The number of carbonyl (C=O) groups is 2. The van der Waals surface area contributed by atoms with Crippen molar-refractivity contribution in [3.63, 3.8) is 0 Å². The Morgan fingerprint density at radius 3 is 1.50 bits per heavy atom. The highest BCUT2D eigenvalue weighted by Gasteiger charge is 2.09. The molecule has 6 heteroatoms. The highest BCUT2D eigenvalue weighted by atomic mass is 16.6. The quantitative estimate of drug-likeness (QED) is 0.760. The zero-order chi connectivity index (χ0) is 19.1. The lowest BCUT2D eigenvalue weighted by Crippen LogP contribution is -2.21. The lowest BCUT2D eigenvalue weighted by atomic mass is 10.1. The van der Waals surface area contributed by atoms with E-state index in [1.54, 1.807) is 12.1 Å². The summed E-state index contributed by atoms with van der Waals surface area (Å²) in [5, 5.41) is 5.35. The number of carbonyl (C=O) groups excluding carboxylic acids is 2. The maximum atomic E-state index is 11.8. The second kappa shape index (κ2) is 8.89. The fraction of sp³-hybridized carbons (Fsp3) is 0.300. The van der Waals surface area contributed by atoms with E-state index < -0.39 is 12.2 Å². The molecule has 0 saturated carbocycles. The summed E-state index contributed by atoms with van der Waals surface area (Å²) in [4.78, 5) is 23.6. The fourth-order valence-corrected chi connectivity index (χ4v) is 2.33. The van der Waals surface area contributed by atoms with Gasteiger partial charge in [0.25, 0.3) is 0 Å². The van der Waals surface area contributed by atoms with Crippen molar-refractivity contribution in [3.8, 4) is 0 Å². The Morgan fingerprint density at radius 1 is 0.731 bits per heavy atom. The number of aryl methyl sites for hydroxylation is 2. The first kappa shape index (κ1) is 19.3. The summed E-state index contributed by atoms with van der Waals surface area (Å²) in [6, 6.07) is 11.3. The first-order valence-electron chi connectivity index (χ1n) is 8.38. The van der Waals surface area contributed by atoms with Crippen LogP contribution in [0.2, 0.25) is 0 Å².